The molecule has 3 heterocycles. The van der Waals surface area contributed by atoms with Crippen molar-refractivity contribution in [3.63, 3.8) is 0 Å². The summed E-state index contributed by atoms with van der Waals surface area (Å²) in [5.74, 6) is 0. The van der Waals surface area contributed by atoms with Gasteiger partial charge in [0.05, 0.1) is 19.7 Å². The molecule has 1 aromatic heterocycles. The molecule has 0 saturated carbocycles. The van der Waals surface area contributed by atoms with Gasteiger partial charge in [0, 0.05) is 13.1 Å². The first-order chi connectivity index (χ1) is 7.79. The summed E-state index contributed by atoms with van der Waals surface area (Å²) in [5, 5.41) is 7.08. The summed E-state index contributed by atoms with van der Waals surface area (Å²) in [5.41, 5.74) is -0.172. The molecule has 7 nitrogen and oxygen atoms in total. The van der Waals surface area contributed by atoms with E-state index in [1.165, 1.54) is 17.3 Å². The van der Waals surface area contributed by atoms with E-state index in [1.54, 1.807) is 4.90 Å². The van der Waals surface area contributed by atoms with Crippen LogP contribution in [0.4, 0.5) is 4.79 Å². The zero-order chi connectivity index (χ0) is 11.0. The number of likely N-dealkylation sites (tertiary alicyclic amines) is 1. The number of nitrogens with one attached hydrogen (secondary N) is 1. The molecule has 1 spiro atoms. The number of amides is 1. The highest BCUT2D eigenvalue weighted by Crippen LogP contribution is 2.26. The van der Waals surface area contributed by atoms with Crippen molar-refractivity contribution in [2.24, 2.45) is 0 Å². The third-order valence-corrected chi connectivity index (χ3v) is 2.98. The highest BCUT2D eigenvalue weighted by Gasteiger charge is 2.47. The molecule has 2 fully saturated rings. The van der Waals surface area contributed by atoms with Crippen LogP contribution in [0.1, 0.15) is 0 Å². The lowest BCUT2D eigenvalue weighted by Gasteiger charge is -2.51. The van der Waals surface area contributed by atoms with Crippen LogP contribution in [0.3, 0.4) is 0 Å². The number of hydrogen-bond acceptors (Lipinski definition) is 5. The predicted octanol–water partition coefficient (Wildman–Crippen LogP) is -1.08. The summed E-state index contributed by atoms with van der Waals surface area (Å²) in [4.78, 5) is 17.3. The summed E-state index contributed by atoms with van der Waals surface area (Å²) < 4.78 is 6.94. The molecule has 0 aromatic carbocycles. The van der Waals surface area contributed by atoms with Crippen LogP contribution in [-0.2, 0) is 4.74 Å². The van der Waals surface area contributed by atoms with Crippen molar-refractivity contribution >= 4 is 6.03 Å². The van der Waals surface area contributed by atoms with E-state index >= 15 is 0 Å². The van der Waals surface area contributed by atoms with Gasteiger partial charge in [-0.3, -0.25) is 0 Å². The molecule has 2 aliphatic heterocycles. The SMILES string of the molecule is O=C(N1CC2(CNCCO2)C1)n1cncn1. The first-order valence-corrected chi connectivity index (χ1v) is 5.28. The molecule has 3 rings (SSSR count). The van der Waals surface area contributed by atoms with Gasteiger partial charge in [0.2, 0.25) is 0 Å². The van der Waals surface area contributed by atoms with Gasteiger partial charge in [-0.2, -0.15) is 9.78 Å². The molecule has 2 aliphatic rings. The molecule has 1 amide bonds. The lowest BCUT2D eigenvalue weighted by atomic mass is 9.93. The summed E-state index contributed by atoms with van der Waals surface area (Å²) >= 11 is 0. The molecular formula is C9H13N5O2. The Labute approximate surface area is 92.4 Å². The monoisotopic (exact) mass is 223 g/mol. The number of hydrogen-bond donors (Lipinski definition) is 1. The number of nitrogens with zero attached hydrogens (tertiary/aromatic N) is 4. The van der Waals surface area contributed by atoms with Gasteiger partial charge in [-0.1, -0.05) is 0 Å². The maximum atomic E-state index is 11.8. The van der Waals surface area contributed by atoms with Crippen LogP contribution in [0, 0.1) is 0 Å². The zero-order valence-corrected chi connectivity index (χ0v) is 8.80. The minimum Gasteiger partial charge on any atom is -0.369 e. The van der Waals surface area contributed by atoms with Crippen molar-refractivity contribution < 1.29 is 9.53 Å². The predicted molar refractivity (Wildman–Crippen MR) is 53.9 cm³/mol. The molecule has 2 saturated heterocycles. The summed E-state index contributed by atoms with van der Waals surface area (Å²) in [6, 6.07) is -0.141. The van der Waals surface area contributed by atoms with Crippen LogP contribution < -0.4 is 5.32 Å². The minimum absolute atomic E-state index is 0.141. The Kier molecular flexibility index (Phi) is 2.15. The van der Waals surface area contributed by atoms with Gasteiger partial charge in [-0.15, -0.1) is 0 Å². The van der Waals surface area contributed by atoms with Crippen molar-refractivity contribution in [1.29, 1.82) is 0 Å². The molecule has 0 aliphatic carbocycles. The third kappa shape index (κ3) is 1.48. The third-order valence-electron chi connectivity index (χ3n) is 2.98. The molecule has 7 heteroatoms. The summed E-state index contributed by atoms with van der Waals surface area (Å²) in [7, 11) is 0. The average molecular weight is 223 g/mol. The number of morpholine rings is 1. The van der Waals surface area contributed by atoms with Crippen LogP contribution in [0.25, 0.3) is 0 Å². The molecule has 0 bridgehead atoms. The number of carbonyl (C=O) groups is 1. The van der Waals surface area contributed by atoms with E-state index in [1.807, 2.05) is 0 Å². The Morgan fingerprint density at radius 2 is 2.38 bits per heavy atom. The van der Waals surface area contributed by atoms with E-state index in [-0.39, 0.29) is 11.6 Å². The fourth-order valence-corrected chi connectivity index (χ4v) is 2.15. The molecule has 0 radical (unpaired) electrons. The molecular weight excluding hydrogens is 210 g/mol. The van der Waals surface area contributed by atoms with Gasteiger partial charge in [-0.25, -0.2) is 9.78 Å². The Hall–Kier alpha value is -1.47. The number of carbonyl (C=O) groups excluding carboxylic acids is 1. The van der Waals surface area contributed by atoms with Gasteiger partial charge < -0.3 is 15.0 Å². The summed E-state index contributed by atoms with van der Waals surface area (Å²) in [6.07, 6.45) is 2.76. The van der Waals surface area contributed by atoms with Crippen molar-refractivity contribution in [2.45, 2.75) is 5.60 Å². The smallest absolute Gasteiger partial charge is 0.346 e. The van der Waals surface area contributed by atoms with E-state index < -0.39 is 0 Å². The Bertz CT molecular complexity index is 377. The Morgan fingerprint density at radius 3 is 3.00 bits per heavy atom. The van der Waals surface area contributed by atoms with Crippen LogP contribution in [-0.4, -0.2) is 64.1 Å². The highest BCUT2D eigenvalue weighted by atomic mass is 16.5. The average Bonchev–Trinajstić information content (AvgIpc) is 2.79. The van der Waals surface area contributed by atoms with E-state index in [9.17, 15) is 4.79 Å². The Morgan fingerprint density at radius 1 is 1.50 bits per heavy atom. The maximum absolute atomic E-state index is 11.8. The molecule has 1 N–H and O–H groups in total. The van der Waals surface area contributed by atoms with Gasteiger partial charge in [0.25, 0.3) is 0 Å². The van der Waals surface area contributed by atoms with Crippen molar-refractivity contribution in [2.75, 3.05) is 32.8 Å². The van der Waals surface area contributed by atoms with Crippen LogP contribution in [0.15, 0.2) is 12.7 Å². The fraction of sp³-hybridized carbons (Fsp3) is 0.667. The Balaban J connectivity index is 1.62. The zero-order valence-electron chi connectivity index (χ0n) is 8.80. The molecule has 16 heavy (non-hydrogen) atoms. The second-order valence-electron chi connectivity index (χ2n) is 4.19. The van der Waals surface area contributed by atoms with E-state index in [4.69, 9.17) is 4.74 Å². The number of ether oxygens (including phenoxy) is 1. The van der Waals surface area contributed by atoms with E-state index in [0.29, 0.717) is 19.7 Å². The molecule has 1 aromatic rings. The van der Waals surface area contributed by atoms with Crippen molar-refractivity contribution in [3.8, 4) is 0 Å². The standard InChI is InChI=1S/C9H13N5O2/c15-8(14-7-11-6-12-14)13-4-9(5-13)3-10-1-2-16-9/h6-7,10H,1-5H2. The van der Waals surface area contributed by atoms with E-state index in [0.717, 1.165) is 13.1 Å². The topological polar surface area (TPSA) is 72.3 Å². The maximum Gasteiger partial charge on any atom is 0.346 e. The molecule has 0 unspecified atom stereocenters. The number of aromatic nitrogens is 3. The van der Waals surface area contributed by atoms with Crippen LogP contribution in [0.2, 0.25) is 0 Å². The van der Waals surface area contributed by atoms with Crippen LogP contribution in [0.5, 0.6) is 0 Å². The van der Waals surface area contributed by atoms with Gasteiger partial charge >= 0.3 is 6.03 Å². The van der Waals surface area contributed by atoms with E-state index in [2.05, 4.69) is 15.4 Å². The van der Waals surface area contributed by atoms with Gasteiger partial charge in [0.15, 0.2) is 0 Å². The number of rotatable bonds is 0. The second-order valence-corrected chi connectivity index (χ2v) is 4.19. The lowest BCUT2D eigenvalue weighted by molar-refractivity contribution is -0.140. The molecule has 86 valence electrons. The van der Waals surface area contributed by atoms with Crippen molar-refractivity contribution in [3.05, 3.63) is 12.7 Å². The second kappa shape index (κ2) is 3.53. The van der Waals surface area contributed by atoms with Crippen LogP contribution >= 0.6 is 0 Å². The first kappa shape index (κ1) is 9.73. The first-order valence-electron chi connectivity index (χ1n) is 5.28. The molecule has 0 atom stereocenters. The summed E-state index contributed by atoms with van der Waals surface area (Å²) in [6.45, 7) is 3.66. The largest absolute Gasteiger partial charge is 0.369 e. The minimum atomic E-state index is -0.172. The van der Waals surface area contributed by atoms with Gasteiger partial charge in [0.1, 0.15) is 18.3 Å². The normalized spacial score (nSPS) is 23.1. The lowest BCUT2D eigenvalue weighted by Crippen LogP contribution is -2.71. The van der Waals surface area contributed by atoms with Gasteiger partial charge in [-0.05, 0) is 0 Å². The quantitative estimate of drug-likeness (QED) is 0.605. The fourth-order valence-electron chi connectivity index (χ4n) is 2.15. The highest BCUT2D eigenvalue weighted by molar-refractivity contribution is 5.76. The van der Waals surface area contributed by atoms with Crippen molar-refractivity contribution in [1.82, 2.24) is 25.0 Å².